The Labute approximate surface area is 415 Å². The van der Waals surface area contributed by atoms with Crippen LogP contribution >= 0.6 is 0 Å². The summed E-state index contributed by atoms with van der Waals surface area (Å²) in [6.07, 6.45) is 2.80. The van der Waals surface area contributed by atoms with Crippen LogP contribution in [0, 0.1) is 83.1 Å². The Kier molecular flexibility index (Phi) is 16.5. The van der Waals surface area contributed by atoms with E-state index < -0.39 is 28.6 Å². The maximum Gasteiger partial charge on any atom is 0.534 e. The van der Waals surface area contributed by atoms with Crippen molar-refractivity contribution in [2.24, 2.45) is 0 Å². The Morgan fingerprint density at radius 3 is 1.21 bits per heavy atom. The molecule has 0 saturated carbocycles. The van der Waals surface area contributed by atoms with E-state index in [-0.39, 0.29) is 5.69 Å². The summed E-state index contributed by atoms with van der Waals surface area (Å²) in [5, 5.41) is 17.8. The van der Waals surface area contributed by atoms with Crippen molar-refractivity contribution >= 4 is 22.7 Å². The molecular formula is C57H58BF3N4O5S. The van der Waals surface area contributed by atoms with Gasteiger partial charge in [0.1, 0.15) is 5.69 Å². The molecule has 0 unspecified atom stereocenters. The van der Waals surface area contributed by atoms with E-state index in [0.29, 0.717) is 22.3 Å². The van der Waals surface area contributed by atoms with Crippen molar-refractivity contribution in [1.29, 1.82) is 0 Å². The first-order valence-corrected chi connectivity index (χ1v) is 24.3. The Hall–Kier alpha value is -7.00. The molecule has 6 aromatic carbocycles. The average Bonchev–Trinajstić information content (AvgIpc) is 3.26. The first kappa shape index (κ1) is 53.4. The molecule has 2 N–H and O–H groups in total. The van der Waals surface area contributed by atoms with Crippen molar-refractivity contribution in [3.63, 3.8) is 0 Å². The third-order valence-corrected chi connectivity index (χ3v) is 12.3. The van der Waals surface area contributed by atoms with Crippen LogP contribution in [-0.2, 0) is 10.1 Å². The van der Waals surface area contributed by atoms with Crippen LogP contribution in [0.15, 0.2) is 122 Å². The van der Waals surface area contributed by atoms with Gasteiger partial charge in [-0.15, -0.1) is 0 Å². The van der Waals surface area contributed by atoms with Gasteiger partial charge in [-0.2, -0.15) is 21.6 Å². The summed E-state index contributed by atoms with van der Waals surface area (Å²) >= 11 is 0. The van der Waals surface area contributed by atoms with Gasteiger partial charge in [-0.05, 0) is 149 Å². The SMILES string of the molecule is Cc1cc(C)cc(-c2ncc(-c3cc(C)ccc3C)nc2-c2cc(C)cc(C)c2)c1.Cc1cc(C)cc(-c2ncc(OS(=O)(=O)C(F)(F)F)nc2-c2cc(C)cc(C)c2)c1.Cc1ccc(C)c(B(O)O)c1. The summed E-state index contributed by atoms with van der Waals surface area (Å²) in [5.41, 5.74) is 16.2. The zero-order chi connectivity index (χ0) is 52.1. The lowest BCUT2D eigenvalue weighted by Crippen LogP contribution is -2.32. The molecule has 8 aromatic rings. The van der Waals surface area contributed by atoms with Crippen molar-refractivity contribution < 1.29 is 35.8 Å². The minimum absolute atomic E-state index is 0.224. The van der Waals surface area contributed by atoms with Gasteiger partial charge in [0.2, 0.25) is 0 Å². The van der Waals surface area contributed by atoms with E-state index in [1.165, 1.54) is 33.4 Å². The number of aromatic nitrogens is 4. The number of nitrogens with zero attached hydrogens (tertiary/aromatic N) is 4. The molecule has 0 aliphatic heterocycles. The van der Waals surface area contributed by atoms with Crippen LogP contribution in [0.5, 0.6) is 5.88 Å². The van der Waals surface area contributed by atoms with Gasteiger partial charge in [-0.25, -0.2) is 15.0 Å². The third-order valence-electron chi connectivity index (χ3n) is 11.4. The van der Waals surface area contributed by atoms with Crippen LogP contribution in [0.4, 0.5) is 13.2 Å². The van der Waals surface area contributed by atoms with Crippen LogP contribution in [0.3, 0.4) is 0 Å². The van der Waals surface area contributed by atoms with E-state index in [2.05, 4.69) is 110 Å². The van der Waals surface area contributed by atoms with Gasteiger partial charge in [-0.3, -0.25) is 4.98 Å². The molecule has 366 valence electrons. The highest BCUT2D eigenvalue weighted by atomic mass is 32.2. The predicted octanol–water partition coefficient (Wildman–Crippen LogP) is 12.6. The topological polar surface area (TPSA) is 135 Å². The van der Waals surface area contributed by atoms with Crippen molar-refractivity contribution in [2.75, 3.05) is 0 Å². The normalized spacial score (nSPS) is 11.3. The summed E-state index contributed by atoms with van der Waals surface area (Å²) in [6, 6.07) is 36.5. The van der Waals surface area contributed by atoms with E-state index >= 15 is 0 Å². The lowest BCUT2D eigenvalue weighted by molar-refractivity contribution is -0.0501. The number of alkyl halides is 3. The van der Waals surface area contributed by atoms with Gasteiger partial charge in [0.25, 0.3) is 5.88 Å². The molecule has 14 heteroatoms. The molecule has 0 spiro atoms. The van der Waals surface area contributed by atoms with E-state index in [1.807, 2.05) is 84.1 Å². The maximum atomic E-state index is 12.7. The molecule has 71 heavy (non-hydrogen) atoms. The minimum atomic E-state index is -5.86. The number of halogens is 3. The Morgan fingerprint density at radius 1 is 0.451 bits per heavy atom. The first-order chi connectivity index (χ1) is 33.3. The molecule has 8 rings (SSSR count). The molecule has 0 radical (unpaired) electrons. The van der Waals surface area contributed by atoms with Crippen LogP contribution in [-0.4, -0.2) is 51.0 Å². The molecule has 0 amide bonds. The molecule has 2 heterocycles. The summed E-state index contributed by atoms with van der Waals surface area (Å²) in [7, 11) is -7.21. The van der Waals surface area contributed by atoms with Crippen molar-refractivity contribution in [3.05, 3.63) is 188 Å². The summed E-state index contributed by atoms with van der Waals surface area (Å²) in [6.45, 7) is 24.1. The van der Waals surface area contributed by atoms with E-state index in [0.717, 1.165) is 73.3 Å². The van der Waals surface area contributed by atoms with Gasteiger partial charge < -0.3 is 14.2 Å². The maximum absolute atomic E-state index is 12.7. The Bertz CT molecular complexity index is 3300. The largest absolute Gasteiger partial charge is 0.534 e. The van der Waals surface area contributed by atoms with Gasteiger partial charge in [0.05, 0.1) is 35.2 Å². The third kappa shape index (κ3) is 13.7. The number of rotatable bonds is 8. The van der Waals surface area contributed by atoms with Gasteiger partial charge >= 0.3 is 22.7 Å². The Balaban J connectivity index is 0.000000192. The second kappa shape index (κ2) is 22.0. The fraction of sp³-hybridized carbons (Fsp3) is 0.228. The van der Waals surface area contributed by atoms with Gasteiger partial charge in [0, 0.05) is 27.8 Å². The lowest BCUT2D eigenvalue weighted by atomic mass is 9.77. The Morgan fingerprint density at radius 2 is 0.817 bits per heavy atom. The van der Waals surface area contributed by atoms with Crippen molar-refractivity contribution in [1.82, 2.24) is 19.9 Å². The monoisotopic (exact) mass is 978 g/mol. The average molecular weight is 979 g/mol. The highest BCUT2D eigenvalue weighted by Crippen LogP contribution is 2.36. The molecule has 0 saturated heterocycles. The highest BCUT2D eigenvalue weighted by molar-refractivity contribution is 7.88. The standard InChI is InChI=1S/C28H28N2.C21H19F3N2O3S.C8H11BO2/c1-17-7-8-22(6)25(15-17)26-16-29-27(23-11-18(2)9-19(3)12-23)28(30-26)24-13-20(4)10-21(5)14-24;1-12-5-13(2)8-16(7-12)19-20(17-9-14(3)6-15(4)10-17)26-18(11-25-19)29-30(27,28)21(22,23)24;1-6-3-4-7(2)8(5-6)9(10)11/h7-16H,1-6H3;5-11H,1-4H3;3-5,10-11H,1-2H3. The smallest absolute Gasteiger partial charge is 0.423 e. The molecule has 2 aromatic heterocycles. The number of hydrogen-bond donors (Lipinski definition) is 2. The minimum Gasteiger partial charge on any atom is -0.423 e. The molecule has 0 fully saturated rings. The number of benzene rings is 6. The highest BCUT2D eigenvalue weighted by Gasteiger charge is 2.49. The van der Waals surface area contributed by atoms with Gasteiger partial charge in [0.15, 0.2) is 0 Å². The number of hydrogen-bond acceptors (Lipinski definition) is 9. The molecule has 0 bridgehead atoms. The molecule has 0 aliphatic carbocycles. The molecular weight excluding hydrogens is 921 g/mol. The zero-order valence-corrected chi connectivity index (χ0v) is 42.9. The van der Waals surface area contributed by atoms with E-state index in [4.69, 9.17) is 20.0 Å². The molecule has 9 nitrogen and oxygen atoms in total. The van der Waals surface area contributed by atoms with Gasteiger partial charge in [-0.1, -0.05) is 116 Å². The summed E-state index contributed by atoms with van der Waals surface area (Å²) in [4.78, 5) is 18.4. The van der Waals surface area contributed by atoms with Crippen molar-refractivity contribution in [2.45, 2.75) is 88.6 Å². The van der Waals surface area contributed by atoms with E-state index in [9.17, 15) is 21.6 Å². The lowest BCUT2D eigenvalue weighted by Gasteiger charge is -2.14. The first-order valence-electron chi connectivity index (χ1n) is 22.9. The molecule has 0 aliphatic rings. The number of aryl methyl sites for hydroxylation is 12. The van der Waals surface area contributed by atoms with Crippen molar-refractivity contribution in [3.8, 4) is 62.2 Å². The fourth-order valence-electron chi connectivity index (χ4n) is 8.41. The van der Waals surface area contributed by atoms with E-state index in [1.54, 1.807) is 18.2 Å². The summed E-state index contributed by atoms with van der Waals surface area (Å²) < 4.78 is 65.2. The van der Waals surface area contributed by atoms with Crippen LogP contribution in [0.25, 0.3) is 56.3 Å². The van der Waals surface area contributed by atoms with Crippen LogP contribution in [0.1, 0.15) is 66.8 Å². The second-order valence-corrected chi connectivity index (χ2v) is 19.9. The zero-order valence-electron chi connectivity index (χ0n) is 42.1. The van der Waals surface area contributed by atoms with Crippen LogP contribution in [0.2, 0.25) is 0 Å². The second-order valence-electron chi connectivity index (χ2n) is 18.4. The predicted molar refractivity (Wildman–Crippen MR) is 280 cm³/mol. The van der Waals surface area contributed by atoms with Crippen LogP contribution < -0.4 is 9.65 Å². The fourth-order valence-corrected chi connectivity index (χ4v) is 8.81. The molecule has 0 atom stereocenters. The quantitative estimate of drug-likeness (QED) is 0.0866. The summed E-state index contributed by atoms with van der Waals surface area (Å²) in [5.74, 6) is -0.755.